The van der Waals surface area contributed by atoms with Crippen LogP contribution in [0.15, 0.2) is 54.6 Å². The van der Waals surface area contributed by atoms with Crippen LogP contribution in [0.5, 0.6) is 0 Å². The standard InChI is InChI=1S/C24H31ClN2O2S/c1-18(2)15-26-24(29)19(3)27(14-13-20-7-5-4-6-8-20)23(28)17-30-16-21-9-11-22(25)12-10-21/h4-12,18-19H,13-17H2,1-3H3,(H,26,29)/t19-/m1/s1. The van der Waals surface area contributed by atoms with Crippen LogP contribution in [0.3, 0.4) is 0 Å². The van der Waals surface area contributed by atoms with E-state index in [1.165, 1.54) is 0 Å². The van der Waals surface area contributed by atoms with Gasteiger partial charge in [-0.05, 0) is 42.5 Å². The Balaban J connectivity index is 1.97. The van der Waals surface area contributed by atoms with Crippen LogP contribution in [-0.2, 0) is 21.8 Å². The smallest absolute Gasteiger partial charge is 0.242 e. The lowest BCUT2D eigenvalue weighted by atomic mass is 10.1. The zero-order valence-corrected chi connectivity index (χ0v) is 19.5. The van der Waals surface area contributed by atoms with Crippen LogP contribution in [0.25, 0.3) is 0 Å². The molecule has 4 nitrogen and oxygen atoms in total. The van der Waals surface area contributed by atoms with Gasteiger partial charge >= 0.3 is 0 Å². The second-order valence-electron chi connectivity index (χ2n) is 7.76. The Kier molecular flexibility index (Phi) is 10.2. The summed E-state index contributed by atoms with van der Waals surface area (Å²) in [4.78, 5) is 27.3. The molecule has 0 aliphatic heterocycles. The first kappa shape index (κ1) is 24.3. The van der Waals surface area contributed by atoms with Gasteiger partial charge in [0.25, 0.3) is 0 Å². The molecule has 162 valence electrons. The number of rotatable bonds is 11. The lowest BCUT2D eigenvalue weighted by Gasteiger charge is -2.29. The maximum Gasteiger partial charge on any atom is 0.242 e. The van der Waals surface area contributed by atoms with Gasteiger partial charge in [0, 0.05) is 23.9 Å². The first-order valence-corrected chi connectivity index (χ1v) is 11.8. The van der Waals surface area contributed by atoms with E-state index in [4.69, 9.17) is 11.6 Å². The number of thioether (sulfide) groups is 1. The molecule has 2 rings (SSSR count). The third-order valence-corrected chi connectivity index (χ3v) is 5.98. The van der Waals surface area contributed by atoms with Gasteiger partial charge in [0.15, 0.2) is 0 Å². The summed E-state index contributed by atoms with van der Waals surface area (Å²) < 4.78 is 0. The SMILES string of the molecule is CC(C)CNC(=O)[C@@H](C)N(CCc1ccccc1)C(=O)CSCc1ccc(Cl)cc1. The molecule has 6 heteroatoms. The summed E-state index contributed by atoms with van der Waals surface area (Å²) in [5.74, 6) is 1.30. The normalized spacial score (nSPS) is 11.9. The Labute approximate surface area is 189 Å². The van der Waals surface area contributed by atoms with Gasteiger partial charge in [-0.25, -0.2) is 0 Å². The van der Waals surface area contributed by atoms with E-state index >= 15 is 0 Å². The molecule has 0 radical (unpaired) electrons. The summed E-state index contributed by atoms with van der Waals surface area (Å²) in [6, 6.07) is 17.2. The predicted molar refractivity (Wildman–Crippen MR) is 127 cm³/mol. The fraction of sp³-hybridized carbons (Fsp3) is 0.417. The van der Waals surface area contributed by atoms with Gasteiger partial charge in [-0.3, -0.25) is 9.59 Å². The van der Waals surface area contributed by atoms with Crippen molar-refractivity contribution in [3.8, 4) is 0 Å². The Hall–Kier alpha value is -1.98. The fourth-order valence-electron chi connectivity index (χ4n) is 2.94. The van der Waals surface area contributed by atoms with Crippen LogP contribution >= 0.6 is 23.4 Å². The van der Waals surface area contributed by atoms with E-state index in [1.807, 2.05) is 61.5 Å². The highest BCUT2D eigenvalue weighted by atomic mass is 35.5. The first-order chi connectivity index (χ1) is 14.4. The highest BCUT2D eigenvalue weighted by Gasteiger charge is 2.25. The van der Waals surface area contributed by atoms with Crippen molar-refractivity contribution in [1.29, 1.82) is 0 Å². The van der Waals surface area contributed by atoms with Crippen LogP contribution in [0.2, 0.25) is 5.02 Å². The van der Waals surface area contributed by atoms with Crippen LogP contribution in [0.1, 0.15) is 31.9 Å². The number of carbonyl (C=O) groups is 2. The summed E-state index contributed by atoms with van der Waals surface area (Å²) in [5, 5.41) is 3.65. The minimum absolute atomic E-state index is 0.0166. The van der Waals surface area contributed by atoms with Gasteiger partial charge in [0.05, 0.1) is 5.75 Å². The van der Waals surface area contributed by atoms with E-state index in [0.29, 0.717) is 29.8 Å². The van der Waals surface area contributed by atoms with E-state index in [-0.39, 0.29) is 11.8 Å². The van der Waals surface area contributed by atoms with Crippen molar-refractivity contribution in [3.05, 3.63) is 70.7 Å². The molecule has 0 unspecified atom stereocenters. The average Bonchev–Trinajstić information content (AvgIpc) is 2.74. The highest BCUT2D eigenvalue weighted by Crippen LogP contribution is 2.17. The lowest BCUT2D eigenvalue weighted by Crippen LogP contribution is -2.50. The number of amides is 2. The minimum atomic E-state index is -0.504. The van der Waals surface area contributed by atoms with Gasteiger partial charge in [-0.2, -0.15) is 0 Å². The van der Waals surface area contributed by atoms with Crippen molar-refractivity contribution < 1.29 is 9.59 Å². The molecule has 30 heavy (non-hydrogen) atoms. The Morgan fingerprint density at radius 1 is 1.00 bits per heavy atom. The van der Waals surface area contributed by atoms with E-state index in [0.717, 1.165) is 23.3 Å². The molecular weight excluding hydrogens is 416 g/mol. The molecule has 0 aliphatic rings. The monoisotopic (exact) mass is 446 g/mol. The predicted octanol–water partition coefficient (Wildman–Crippen LogP) is 4.81. The summed E-state index contributed by atoms with van der Waals surface area (Å²) in [5.41, 5.74) is 2.27. The molecular formula is C24H31ClN2O2S. The topological polar surface area (TPSA) is 49.4 Å². The summed E-state index contributed by atoms with van der Waals surface area (Å²) in [6.07, 6.45) is 0.718. The maximum atomic E-state index is 13.0. The van der Waals surface area contributed by atoms with E-state index in [9.17, 15) is 9.59 Å². The number of halogens is 1. The lowest BCUT2D eigenvalue weighted by molar-refractivity contribution is -0.138. The molecule has 0 bridgehead atoms. The third kappa shape index (κ3) is 8.41. The van der Waals surface area contributed by atoms with E-state index in [2.05, 4.69) is 19.2 Å². The number of nitrogens with one attached hydrogen (secondary N) is 1. The van der Waals surface area contributed by atoms with Crippen molar-refractivity contribution >= 4 is 35.2 Å². The Morgan fingerprint density at radius 2 is 1.67 bits per heavy atom. The second kappa shape index (κ2) is 12.7. The van der Waals surface area contributed by atoms with Gasteiger partial charge in [0.2, 0.25) is 11.8 Å². The molecule has 0 aromatic heterocycles. The maximum absolute atomic E-state index is 13.0. The van der Waals surface area contributed by atoms with Gasteiger partial charge < -0.3 is 10.2 Å². The molecule has 0 saturated carbocycles. The molecule has 2 amide bonds. The third-order valence-electron chi connectivity index (χ3n) is 4.74. The second-order valence-corrected chi connectivity index (χ2v) is 9.18. The van der Waals surface area contributed by atoms with Gasteiger partial charge in [-0.1, -0.05) is 67.9 Å². The fourth-order valence-corrected chi connectivity index (χ4v) is 3.94. The molecule has 2 aromatic rings. The van der Waals surface area contributed by atoms with E-state index in [1.54, 1.807) is 16.7 Å². The van der Waals surface area contributed by atoms with E-state index < -0.39 is 6.04 Å². The molecule has 0 heterocycles. The van der Waals surface area contributed by atoms with Gasteiger partial charge in [-0.15, -0.1) is 11.8 Å². The number of benzene rings is 2. The minimum Gasteiger partial charge on any atom is -0.354 e. The molecule has 2 aromatic carbocycles. The molecule has 0 saturated heterocycles. The summed E-state index contributed by atoms with van der Waals surface area (Å²) in [7, 11) is 0. The molecule has 1 atom stereocenters. The van der Waals surface area contributed by atoms with Crippen molar-refractivity contribution in [1.82, 2.24) is 10.2 Å². The molecule has 1 N–H and O–H groups in total. The first-order valence-electron chi connectivity index (χ1n) is 10.3. The Morgan fingerprint density at radius 3 is 2.30 bits per heavy atom. The largest absolute Gasteiger partial charge is 0.354 e. The molecule has 0 fully saturated rings. The van der Waals surface area contributed by atoms with Crippen molar-refractivity contribution in [2.24, 2.45) is 5.92 Å². The van der Waals surface area contributed by atoms with Crippen LogP contribution < -0.4 is 5.32 Å². The molecule has 0 spiro atoms. The zero-order chi connectivity index (χ0) is 21.9. The Bertz CT molecular complexity index is 797. The summed E-state index contributed by atoms with van der Waals surface area (Å²) >= 11 is 7.48. The van der Waals surface area contributed by atoms with Crippen molar-refractivity contribution in [2.75, 3.05) is 18.8 Å². The number of carbonyl (C=O) groups excluding carboxylic acids is 2. The molecule has 0 aliphatic carbocycles. The summed E-state index contributed by atoms with van der Waals surface area (Å²) in [6.45, 7) is 7.03. The van der Waals surface area contributed by atoms with Crippen molar-refractivity contribution in [3.63, 3.8) is 0 Å². The number of hydrogen-bond donors (Lipinski definition) is 1. The van der Waals surface area contributed by atoms with Crippen LogP contribution in [0, 0.1) is 5.92 Å². The highest BCUT2D eigenvalue weighted by molar-refractivity contribution is 7.99. The van der Waals surface area contributed by atoms with Gasteiger partial charge in [0.1, 0.15) is 6.04 Å². The quantitative estimate of drug-likeness (QED) is 0.539. The van der Waals surface area contributed by atoms with Crippen molar-refractivity contribution in [2.45, 2.75) is 39.0 Å². The van der Waals surface area contributed by atoms with Crippen LogP contribution in [-0.4, -0.2) is 41.6 Å². The zero-order valence-electron chi connectivity index (χ0n) is 17.9. The van der Waals surface area contributed by atoms with Crippen LogP contribution in [0.4, 0.5) is 0 Å². The number of hydrogen-bond acceptors (Lipinski definition) is 3. The number of nitrogens with zero attached hydrogens (tertiary/aromatic N) is 1. The average molecular weight is 447 g/mol.